The van der Waals surface area contributed by atoms with Gasteiger partial charge in [0.1, 0.15) is 6.01 Å². The number of nitrogens with zero attached hydrogens (tertiary/aromatic N) is 4. The van der Waals surface area contributed by atoms with Gasteiger partial charge in [-0.15, -0.1) is 4.40 Å². The molecule has 0 aromatic heterocycles. The molecule has 0 radical (unpaired) electrons. The molecule has 0 spiro atoms. The molecule has 1 unspecified atom stereocenters. The van der Waals surface area contributed by atoms with Crippen LogP contribution < -0.4 is 0 Å². The maximum atomic E-state index is 13.8. The van der Waals surface area contributed by atoms with Crippen molar-refractivity contribution in [2.75, 3.05) is 0 Å². The van der Waals surface area contributed by atoms with Crippen LogP contribution in [-0.2, 0) is 0 Å². The molecule has 2 aromatic rings. The third-order valence-electron chi connectivity index (χ3n) is 8.70. The van der Waals surface area contributed by atoms with Gasteiger partial charge in [0.2, 0.25) is 0 Å². The summed E-state index contributed by atoms with van der Waals surface area (Å²) in [6, 6.07) is 18.5. The molecular formula is C27H34N4O2S2. The Morgan fingerprint density at radius 2 is 1.40 bits per heavy atom. The van der Waals surface area contributed by atoms with Crippen LogP contribution in [0.5, 0.6) is 0 Å². The van der Waals surface area contributed by atoms with Crippen LogP contribution in [0.1, 0.15) is 64.2 Å². The van der Waals surface area contributed by atoms with Crippen molar-refractivity contribution in [3.05, 3.63) is 48.5 Å². The fraction of sp³-hybridized carbons (Fsp3) is 0.444. The zero-order valence-corrected chi connectivity index (χ0v) is 21.6. The van der Waals surface area contributed by atoms with E-state index in [1.807, 2.05) is 54.1 Å². The second-order valence-electron chi connectivity index (χ2n) is 10.5. The van der Waals surface area contributed by atoms with Crippen molar-refractivity contribution in [2.45, 2.75) is 84.5 Å². The van der Waals surface area contributed by atoms with E-state index in [1.54, 1.807) is 0 Å². The first kappa shape index (κ1) is 23.2. The summed E-state index contributed by atoms with van der Waals surface area (Å²) in [5.74, 6) is 0. The quantitative estimate of drug-likeness (QED) is 0.403. The molecule has 186 valence electrons. The molecule has 2 aromatic carbocycles. The first-order chi connectivity index (χ1) is 16.9. The zero-order chi connectivity index (χ0) is 24.1. The van der Waals surface area contributed by atoms with Crippen LogP contribution in [0.25, 0.3) is 0 Å². The second-order valence-corrected chi connectivity index (χ2v) is 18.0. The van der Waals surface area contributed by atoms with E-state index in [4.69, 9.17) is 9.39 Å². The van der Waals surface area contributed by atoms with Gasteiger partial charge in [-0.3, -0.25) is 0 Å². The average molecular weight is 511 g/mol. The molecule has 2 fully saturated rings. The minimum absolute atomic E-state index is 0.0175. The van der Waals surface area contributed by atoms with Crippen LogP contribution in [0.3, 0.4) is 0 Å². The lowest BCUT2D eigenvalue weighted by Crippen LogP contribution is -2.53. The molecule has 6 nitrogen and oxygen atoms in total. The number of hydrogen-bond donors (Lipinski definition) is 2. The van der Waals surface area contributed by atoms with Crippen LogP contribution >= 0.6 is 19.3 Å². The molecule has 4 aliphatic rings. The molecule has 0 saturated heterocycles. The summed E-state index contributed by atoms with van der Waals surface area (Å²) in [7, 11) is -7.19. The topological polar surface area (TPSA) is 89.9 Å². The molecular weight excluding hydrogens is 476 g/mol. The van der Waals surface area contributed by atoms with Crippen molar-refractivity contribution in [2.24, 2.45) is 18.8 Å². The predicted octanol–water partition coefficient (Wildman–Crippen LogP) is 8.75. The lowest BCUT2D eigenvalue weighted by atomic mass is 9.99. The summed E-state index contributed by atoms with van der Waals surface area (Å²) in [5, 5.41) is -0.0350. The van der Waals surface area contributed by atoms with E-state index < -0.39 is 19.3 Å². The fourth-order valence-electron chi connectivity index (χ4n) is 6.89. The van der Waals surface area contributed by atoms with E-state index in [1.165, 1.54) is 18.4 Å². The molecule has 35 heavy (non-hydrogen) atoms. The Hall–Kier alpha value is -2.22. The van der Waals surface area contributed by atoms with Gasteiger partial charge in [0, 0.05) is 25.9 Å². The van der Waals surface area contributed by atoms with Gasteiger partial charge in [-0.1, -0.05) is 71.6 Å². The molecule has 0 bridgehead atoms. The van der Waals surface area contributed by atoms with Gasteiger partial charge >= 0.3 is 0 Å². The van der Waals surface area contributed by atoms with Crippen molar-refractivity contribution >= 4 is 47.7 Å². The highest BCUT2D eigenvalue weighted by atomic mass is 32.4. The normalized spacial score (nSPS) is 31.9. The van der Waals surface area contributed by atoms with Crippen LogP contribution in [0.2, 0.25) is 0 Å². The summed E-state index contributed by atoms with van der Waals surface area (Å²) in [4.78, 5) is 10.8. The molecule has 0 amide bonds. The van der Waals surface area contributed by atoms with Crippen LogP contribution in [-0.4, -0.2) is 36.7 Å². The number of hydrogen-bond acceptors (Lipinski definition) is 6. The molecule has 1 atom stereocenters. The third-order valence-corrected chi connectivity index (χ3v) is 17.5. The van der Waals surface area contributed by atoms with Crippen molar-refractivity contribution in [1.82, 2.24) is 0 Å². The molecule has 2 aliphatic carbocycles. The highest BCUT2D eigenvalue weighted by Gasteiger charge is 2.71. The standard InChI is InChI=1S/C27H34N4O2S2/c32-34(20-28-24-15-7-9-17-26(24)34)30-19-31-35(33,22-11-3-1-4-12-22,23-13-5-2-6-14-23)21-29-25-16-8-10-18-27(25)35/h7-10,15-18,20-23,32-33H,1-6,11-14H2. The lowest BCUT2D eigenvalue weighted by Gasteiger charge is -2.76. The summed E-state index contributed by atoms with van der Waals surface area (Å²) < 4.78 is 35.0. The van der Waals surface area contributed by atoms with Crippen LogP contribution in [0.4, 0.5) is 11.4 Å². The van der Waals surface area contributed by atoms with Gasteiger partial charge in [0.15, 0.2) is 0 Å². The first-order valence-corrected chi connectivity index (χ1v) is 16.9. The Bertz CT molecular complexity index is 1290. The van der Waals surface area contributed by atoms with Gasteiger partial charge in [-0.25, -0.2) is 9.98 Å². The number of aliphatic imine (C=N–C) groups is 2. The van der Waals surface area contributed by atoms with Crippen molar-refractivity contribution < 1.29 is 9.11 Å². The minimum atomic E-state index is -4.51. The van der Waals surface area contributed by atoms with E-state index in [0.717, 1.165) is 67.6 Å². The maximum Gasteiger partial charge on any atom is 0.115 e. The molecule has 8 heteroatoms. The van der Waals surface area contributed by atoms with E-state index in [0.29, 0.717) is 4.90 Å². The summed E-state index contributed by atoms with van der Waals surface area (Å²) in [6.07, 6.45) is 10.4. The Morgan fingerprint density at radius 1 is 0.800 bits per heavy atom. The number of para-hydroxylation sites is 2. The van der Waals surface area contributed by atoms with Gasteiger partial charge < -0.3 is 9.11 Å². The Labute approximate surface area is 208 Å². The average Bonchev–Trinajstić information content (AvgIpc) is 3.41. The minimum Gasteiger partial charge on any atom is -0.341 e. The molecule has 2 saturated carbocycles. The summed E-state index contributed by atoms with van der Waals surface area (Å²) in [5.41, 5.74) is 4.93. The van der Waals surface area contributed by atoms with Gasteiger partial charge in [-0.2, -0.15) is 4.40 Å². The number of rotatable bonds is 4. The molecule has 6 rings (SSSR count). The van der Waals surface area contributed by atoms with Crippen LogP contribution in [0, 0.1) is 0 Å². The fourth-order valence-corrected chi connectivity index (χ4v) is 15.3. The first-order valence-electron chi connectivity index (χ1n) is 12.8. The van der Waals surface area contributed by atoms with E-state index >= 15 is 0 Å². The smallest absolute Gasteiger partial charge is 0.115 e. The number of benzene rings is 2. The van der Waals surface area contributed by atoms with Gasteiger partial charge in [0.25, 0.3) is 0 Å². The second kappa shape index (κ2) is 7.89. The van der Waals surface area contributed by atoms with Crippen molar-refractivity contribution in [3.8, 4) is 0 Å². The molecule has 2 N–H and O–H groups in total. The molecule has 2 heterocycles. The monoisotopic (exact) mass is 510 g/mol. The van der Waals surface area contributed by atoms with E-state index in [9.17, 15) is 9.11 Å². The predicted molar refractivity (Wildman–Crippen MR) is 150 cm³/mol. The Morgan fingerprint density at radius 3 is 2.09 bits per heavy atom. The number of fused-ring (bicyclic) bond motifs is 2. The largest absolute Gasteiger partial charge is 0.341 e. The van der Waals surface area contributed by atoms with Gasteiger partial charge in [-0.05, 0) is 49.9 Å². The van der Waals surface area contributed by atoms with Gasteiger partial charge in [0.05, 0.1) is 27.4 Å². The van der Waals surface area contributed by atoms with Crippen molar-refractivity contribution in [1.29, 1.82) is 0 Å². The third kappa shape index (κ3) is 3.07. The zero-order valence-electron chi connectivity index (χ0n) is 20.0. The van der Waals surface area contributed by atoms with E-state index in [-0.39, 0.29) is 10.5 Å². The highest BCUT2D eigenvalue weighted by Crippen LogP contribution is 3.00. The van der Waals surface area contributed by atoms with Crippen molar-refractivity contribution in [3.63, 3.8) is 0 Å². The summed E-state index contributed by atoms with van der Waals surface area (Å²) in [6.45, 7) is 0. The van der Waals surface area contributed by atoms with E-state index in [2.05, 4.69) is 15.4 Å². The van der Waals surface area contributed by atoms with Crippen LogP contribution in [0.15, 0.2) is 77.1 Å². The Kier molecular flexibility index (Phi) is 5.23. The lowest BCUT2D eigenvalue weighted by molar-refractivity contribution is 0.429. The SMILES string of the molecule is OS1(N=C=NS2(O)(C3CCCCC3)(C3CCCCC3)C=Nc3ccccc32)C=Nc2ccccc21. The highest BCUT2D eigenvalue weighted by molar-refractivity contribution is 8.69. The molecule has 2 aliphatic heterocycles. The summed E-state index contributed by atoms with van der Waals surface area (Å²) >= 11 is 0. The Balaban J connectivity index is 1.61. The maximum absolute atomic E-state index is 13.8.